The summed E-state index contributed by atoms with van der Waals surface area (Å²) < 4.78 is 12.5. The first-order valence-electron chi connectivity index (χ1n) is 7.77. The maximum Gasteiger partial charge on any atom is 0.411 e. The smallest absolute Gasteiger partial charge is 0.411 e. The Bertz CT molecular complexity index is 589. The van der Waals surface area contributed by atoms with Crippen LogP contribution in [-0.2, 0) is 27.7 Å². The van der Waals surface area contributed by atoms with E-state index in [9.17, 15) is 9.59 Å². The molecule has 23 heavy (non-hydrogen) atoms. The number of rotatable bonds is 3. The molecule has 2 rings (SSSR count). The van der Waals surface area contributed by atoms with Crippen LogP contribution in [0.1, 0.15) is 32.2 Å². The van der Waals surface area contributed by atoms with Gasteiger partial charge in [-0.05, 0) is 33.8 Å². The van der Waals surface area contributed by atoms with Crippen molar-refractivity contribution in [3.63, 3.8) is 0 Å². The number of morpholine rings is 1. The fourth-order valence-electron chi connectivity index (χ4n) is 2.54. The first-order valence-corrected chi connectivity index (χ1v) is 7.77. The van der Waals surface area contributed by atoms with Crippen LogP contribution in [-0.4, -0.2) is 58.0 Å². The Morgan fingerprint density at radius 1 is 1.43 bits per heavy atom. The molecule has 0 spiro atoms. The van der Waals surface area contributed by atoms with E-state index in [1.807, 2.05) is 13.0 Å². The van der Waals surface area contributed by atoms with Gasteiger partial charge in [0.15, 0.2) is 5.78 Å². The summed E-state index contributed by atoms with van der Waals surface area (Å²) in [6.07, 6.45) is -0.259. The van der Waals surface area contributed by atoms with Crippen molar-refractivity contribution in [2.75, 3.05) is 19.8 Å². The lowest BCUT2D eigenvalue weighted by molar-refractivity contribution is -0.129. The number of nitrogens with zero attached hydrogens (tertiary/aromatic N) is 3. The van der Waals surface area contributed by atoms with Gasteiger partial charge in [0.05, 0.1) is 25.3 Å². The highest BCUT2D eigenvalue weighted by Crippen LogP contribution is 2.16. The molecule has 0 aliphatic carbocycles. The van der Waals surface area contributed by atoms with Gasteiger partial charge in [-0.1, -0.05) is 0 Å². The Morgan fingerprint density at radius 3 is 2.70 bits per heavy atom. The predicted octanol–water partition coefficient (Wildman–Crippen LogP) is 1.48. The fraction of sp³-hybridized carbons (Fsp3) is 0.688. The number of aryl methyl sites for hydroxylation is 2. The quantitative estimate of drug-likeness (QED) is 0.842. The average molecular weight is 323 g/mol. The van der Waals surface area contributed by atoms with Crippen LogP contribution < -0.4 is 0 Å². The van der Waals surface area contributed by atoms with E-state index in [1.54, 1.807) is 32.5 Å². The summed E-state index contributed by atoms with van der Waals surface area (Å²) in [5, 5.41) is 4.24. The van der Waals surface area contributed by atoms with Crippen molar-refractivity contribution in [3.8, 4) is 0 Å². The van der Waals surface area contributed by atoms with Gasteiger partial charge in [0.1, 0.15) is 11.6 Å². The largest absolute Gasteiger partial charge is 0.444 e. The first-order chi connectivity index (χ1) is 10.7. The van der Waals surface area contributed by atoms with Crippen LogP contribution in [0.4, 0.5) is 4.79 Å². The zero-order valence-corrected chi connectivity index (χ0v) is 14.5. The number of hydrogen-bond donors (Lipinski definition) is 0. The Kier molecular flexibility index (Phi) is 5.09. The second kappa shape index (κ2) is 6.70. The molecule has 2 heterocycles. The van der Waals surface area contributed by atoms with Crippen LogP contribution in [0, 0.1) is 6.92 Å². The number of carbonyl (C=O) groups is 2. The second-order valence-corrected chi connectivity index (χ2v) is 6.81. The van der Waals surface area contributed by atoms with E-state index in [1.165, 1.54) is 4.90 Å². The van der Waals surface area contributed by atoms with Crippen molar-refractivity contribution in [1.82, 2.24) is 14.7 Å². The van der Waals surface area contributed by atoms with Crippen LogP contribution in [0.15, 0.2) is 6.07 Å². The molecule has 1 aromatic heterocycles. The Hall–Kier alpha value is -1.89. The molecule has 0 radical (unpaired) electrons. The zero-order valence-electron chi connectivity index (χ0n) is 14.5. The van der Waals surface area contributed by atoms with Gasteiger partial charge in [0, 0.05) is 19.3 Å². The minimum absolute atomic E-state index is 0.0708. The van der Waals surface area contributed by atoms with Gasteiger partial charge >= 0.3 is 6.09 Å². The number of amides is 1. The zero-order chi connectivity index (χ0) is 17.2. The number of hydrogen-bond acceptors (Lipinski definition) is 5. The number of ketones is 1. The lowest BCUT2D eigenvalue weighted by atomic mass is 10.1. The molecule has 0 bridgehead atoms. The third kappa shape index (κ3) is 4.54. The molecule has 7 heteroatoms. The molecule has 1 fully saturated rings. The van der Waals surface area contributed by atoms with E-state index in [0.29, 0.717) is 13.2 Å². The van der Waals surface area contributed by atoms with Crippen molar-refractivity contribution in [2.24, 2.45) is 7.05 Å². The minimum atomic E-state index is -0.617. The fourth-order valence-corrected chi connectivity index (χ4v) is 2.54. The van der Waals surface area contributed by atoms with Gasteiger partial charge in [-0.25, -0.2) is 4.79 Å². The summed E-state index contributed by atoms with van der Waals surface area (Å²) in [4.78, 5) is 26.4. The van der Waals surface area contributed by atoms with Gasteiger partial charge in [0.25, 0.3) is 0 Å². The standard InChI is InChI=1S/C16H25N3O4/c1-11-8-12(18(5)17-11)9-14(20)13-10-22-7-6-19(13)15(21)23-16(2,3)4/h8,13H,6-7,9-10H2,1-5H3. The molecule has 1 aliphatic rings. The minimum Gasteiger partial charge on any atom is -0.444 e. The van der Waals surface area contributed by atoms with Crippen LogP contribution in [0.2, 0.25) is 0 Å². The van der Waals surface area contributed by atoms with Crippen LogP contribution in [0.3, 0.4) is 0 Å². The molecule has 128 valence electrons. The number of ether oxygens (including phenoxy) is 2. The maximum absolute atomic E-state index is 12.6. The van der Waals surface area contributed by atoms with Gasteiger partial charge < -0.3 is 9.47 Å². The first kappa shape index (κ1) is 17.5. The van der Waals surface area contributed by atoms with Crippen molar-refractivity contribution < 1.29 is 19.1 Å². The van der Waals surface area contributed by atoms with Crippen molar-refractivity contribution in [3.05, 3.63) is 17.5 Å². The molecular formula is C16H25N3O4. The molecule has 1 unspecified atom stereocenters. The molecule has 0 saturated carbocycles. The summed E-state index contributed by atoms with van der Waals surface area (Å²) in [5.74, 6) is -0.0708. The van der Waals surface area contributed by atoms with Crippen molar-refractivity contribution >= 4 is 11.9 Å². The summed E-state index contributed by atoms with van der Waals surface area (Å²) in [6.45, 7) is 8.27. The topological polar surface area (TPSA) is 73.7 Å². The summed E-state index contributed by atoms with van der Waals surface area (Å²) in [7, 11) is 1.80. The maximum atomic E-state index is 12.6. The Morgan fingerprint density at radius 2 is 2.13 bits per heavy atom. The Balaban J connectivity index is 2.09. The van der Waals surface area contributed by atoms with E-state index < -0.39 is 17.7 Å². The van der Waals surface area contributed by atoms with Crippen molar-refractivity contribution in [2.45, 2.75) is 45.8 Å². The third-order valence-corrected chi connectivity index (χ3v) is 3.58. The molecule has 1 saturated heterocycles. The van der Waals surface area contributed by atoms with E-state index >= 15 is 0 Å². The van der Waals surface area contributed by atoms with E-state index in [0.717, 1.165) is 11.4 Å². The van der Waals surface area contributed by atoms with E-state index in [4.69, 9.17) is 9.47 Å². The second-order valence-electron chi connectivity index (χ2n) is 6.81. The molecule has 0 N–H and O–H groups in total. The summed E-state index contributed by atoms with van der Waals surface area (Å²) in [6, 6.07) is 1.26. The predicted molar refractivity (Wildman–Crippen MR) is 84.2 cm³/mol. The highest BCUT2D eigenvalue weighted by molar-refractivity contribution is 5.89. The monoisotopic (exact) mass is 323 g/mol. The number of Topliss-reactive ketones (excluding diaryl/α,β-unsaturated/α-hetero) is 1. The third-order valence-electron chi connectivity index (χ3n) is 3.58. The number of carbonyl (C=O) groups excluding carboxylic acids is 2. The molecule has 0 aromatic carbocycles. The van der Waals surface area contributed by atoms with E-state index in [2.05, 4.69) is 5.10 Å². The van der Waals surface area contributed by atoms with Gasteiger partial charge in [0.2, 0.25) is 0 Å². The van der Waals surface area contributed by atoms with Crippen LogP contribution >= 0.6 is 0 Å². The molecule has 1 aliphatic heterocycles. The lowest BCUT2D eigenvalue weighted by Gasteiger charge is -2.35. The highest BCUT2D eigenvalue weighted by atomic mass is 16.6. The van der Waals surface area contributed by atoms with E-state index in [-0.39, 0.29) is 18.8 Å². The lowest BCUT2D eigenvalue weighted by Crippen LogP contribution is -2.54. The number of aromatic nitrogens is 2. The average Bonchev–Trinajstić information content (AvgIpc) is 2.75. The van der Waals surface area contributed by atoms with Crippen molar-refractivity contribution in [1.29, 1.82) is 0 Å². The molecule has 1 aromatic rings. The van der Waals surface area contributed by atoms with Crippen LogP contribution in [0.5, 0.6) is 0 Å². The molecule has 1 atom stereocenters. The molecule has 1 amide bonds. The van der Waals surface area contributed by atoms with Gasteiger partial charge in [-0.2, -0.15) is 5.10 Å². The normalized spacial score (nSPS) is 18.8. The Labute approximate surface area is 136 Å². The summed E-state index contributed by atoms with van der Waals surface area (Å²) in [5.41, 5.74) is 1.09. The van der Waals surface area contributed by atoms with Crippen LogP contribution in [0.25, 0.3) is 0 Å². The van der Waals surface area contributed by atoms with Gasteiger partial charge in [-0.3, -0.25) is 14.4 Å². The molecule has 7 nitrogen and oxygen atoms in total. The SMILES string of the molecule is Cc1cc(CC(=O)C2COCCN2C(=O)OC(C)(C)C)n(C)n1. The van der Waals surface area contributed by atoms with Gasteiger partial charge in [-0.15, -0.1) is 0 Å². The molecular weight excluding hydrogens is 298 g/mol. The summed E-state index contributed by atoms with van der Waals surface area (Å²) >= 11 is 0. The highest BCUT2D eigenvalue weighted by Gasteiger charge is 2.35.